The molecule has 0 bridgehead atoms. The summed E-state index contributed by atoms with van der Waals surface area (Å²) in [6, 6.07) is 0. The lowest BCUT2D eigenvalue weighted by Gasteiger charge is -1.98. The third-order valence-corrected chi connectivity index (χ3v) is 3.99. The Morgan fingerprint density at radius 3 is 3.00 bits per heavy atom. The van der Waals surface area contributed by atoms with Gasteiger partial charge in [-0.05, 0) is 18.7 Å². The molecule has 0 aromatic carbocycles. The zero-order chi connectivity index (χ0) is 10.8. The maximum atomic E-state index is 10.9. The highest BCUT2D eigenvalue weighted by Crippen LogP contribution is 2.31. The molecule has 0 aliphatic carbocycles. The van der Waals surface area contributed by atoms with E-state index in [0.29, 0.717) is 5.56 Å². The van der Waals surface area contributed by atoms with Crippen LogP contribution in [0.15, 0.2) is 20.9 Å². The molecule has 0 saturated carbocycles. The summed E-state index contributed by atoms with van der Waals surface area (Å²) < 4.78 is 2.63. The van der Waals surface area contributed by atoms with Crippen LogP contribution in [-0.4, -0.2) is 21.1 Å². The summed E-state index contributed by atoms with van der Waals surface area (Å²) in [6.45, 7) is 1.83. The van der Waals surface area contributed by atoms with Crippen molar-refractivity contribution in [2.24, 2.45) is 7.05 Å². The molecule has 6 heteroatoms. The lowest BCUT2D eigenvalue weighted by Crippen LogP contribution is -1.93. The van der Waals surface area contributed by atoms with Crippen LogP contribution in [0.25, 0.3) is 0 Å². The van der Waals surface area contributed by atoms with Gasteiger partial charge in [-0.3, -0.25) is 9.48 Å². The van der Waals surface area contributed by atoms with Crippen LogP contribution in [0.2, 0.25) is 0 Å². The Morgan fingerprint density at radius 1 is 1.60 bits per heavy atom. The van der Waals surface area contributed by atoms with Crippen LogP contribution in [-0.2, 0) is 7.05 Å². The smallest absolute Gasteiger partial charge is 0.156 e. The van der Waals surface area contributed by atoms with Crippen molar-refractivity contribution in [1.29, 1.82) is 0 Å². The van der Waals surface area contributed by atoms with Gasteiger partial charge in [-0.2, -0.15) is 5.10 Å². The fraction of sp³-hybridized carbons (Fsp3) is 0.222. The van der Waals surface area contributed by atoms with Crippen molar-refractivity contribution in [1.82, 2.24) is 14.8 Å². The highest BCUT2D eigenvalue weighted by molar-refractivity contribution is 8.01. The minimum Gasteiger partial charge on any atom is -0.298 e. The second-order valence-electron chi connectivity index (χ2n) is 2.95. The Balaban J connectivity index is 2.39. The normalized spacial score (nSPS) is 10.5. The number of hydrogen-bond acceptors (Lipinski definition) is 5. The van der Waals surface area contributed by atoms with Crippen molar-refractivity contribution in [2.75, 3.05) is 0 Å². The van der Waals surface area contributed by atoms with Gasteiger partial charge < -0.3 is 0 Å². The van der Waals surface area contributed by atoms with Crippen molar-refractivity contribution in [3.05, 3.63) is 22.8 Å². The summed E-state index contributed by atoms with van der Waals surface area (Å²) in [7, 11) is 1.83. The van der Waals surface area contributed by atoms with Crippen LogP contribution >= 0.6 is 23.1 Å². The highest BCUT2D eigenvalue weighted by atomic mass is 32.2. The van der Waals surface area contributed by atoms with Crippen molar-refractivity contribution < 1.29 is 4.79 Å². The zero-order valence-corrected chi connectivity index (χ0v) is 9.93. The Morgan fingerprint density at radius 2 is 2.40 bits per heavy atom. The number of thiazole rings is 1. The zero-order valence-electron chi connectivity index (χ0n) is 8.30. The first-order valence-electron chi connectivity index (χ1n) is 4.28. The average Bonchev–Trinajstić information content (AvgIpc) is 2.77. The van der Waals surface area contributed by atoms with Crippen LogP contribution in [0.1, 0.15) is 16.1 Å². The number of carbonyl (C=O) groups is 1. The molecule has 2 aromatic rings. The van der Waals surface area contributed by atoms with Gasteiger partial charge >= 0.3 is 0 Å². The van der Waals surface area contributed by atoms with Gasteiger partial charge in [0.25, 0.3) is 0 Å². The van der Waals surface area contributed by atoms with E-state index in [2.05, 4.69) is 10.1 Å². The summed E-state index contributed by atoms with van der Waals surface area (Å²) in [5, 5.41) is 6.96. The Labute approximate surface area is 95.3 Å². The van der Waals surface area contributed by atoms with E-state index in [9.17, 15) is 4.79 Å². The van der Waals surface area contributed by atoms with E-state index in [1.165, 1.54) is 11.8 Å². The SMILES string of the molecule is Cc1nn(C)c(Sc2nccs2)c1C=O. The van der Waals surface area contributed by atoms with Gasteiger partial charge in [0, 0.05) is 18.6 Å². The predicted molar refractivity (Wildman–Crippen MR) is 59.6 cm³/mol. The van der Waals surface area contributed by atoms with E-state index in [0.717, 1.165) is 21.3 Å². The van der Waals surface area contributed by atoms with Gasteiger partial charge in [-0.15, -0.1) is 11.3 Å². The summed E-state index contributed by atoms with van der Waals surface area (Å²) in [6.07, 6.45) is 2.59. The molecule has 0 N–H and O–H groups in total. The molecule has 0 atom stereocenters. The van der Waals surface area contributed by atoms with Gasteiger partial charge in [0.2, 0.25) is 0 Å². The topological polar surface area (TPSA) is 47.8 Å². The molecule has 2 rings (SSSR count). The maximum absolute atomic E-state index is 10.9. The molecule has 0 amide bonds. The molecule has 0 radical (unpaired) electrons. The largest absolute Gasteiger partial charge is 0.298 e. The van der Waals surface area contributed by atoms with E-state index in [1.54, 1.807) is 22.2 Å². The van der Waals surface area contributed by atoms with Crippen LogP contribution in [0.5, 0.6) is 0 Å². The molecule has 2 aromatic heterocycles. The number of carbonyl (C=O) groups excluding carboxylic acids is 1. The molecule has 0 aliphatic rings. The average molecular weight is 239 g/mol. The summed E-state index contributed by atoms with van der Waals surface area (Å²) in [4.78, 5) is 15.1. The molecule has 0 spiro atoms. The van der Waals surface area contributed by atoms with Crippen LogP contribution in [0, 0.1) is 6.92 Å². The molecule has 0 unspecified atom stereocenters. The number of hydrogen-bond donors (Lipinski definition) is 0. The van der Waals surface area contributed by atoms with Crippen LogP contribution in [0.4, 0.5) is 0 Å². The van der Waals surface area contributed by atoms with Crippen LogP contribution < -0.4 is 0 Å². The molecule has 78 valence electrons. The summed E-state index contributed by atoms with van der Waals surface area (Å²) in [5.41, 5.74) is 1.41. The number of aldehydes is 1. The Hall–Kier alpha value is -1.14. The van der Waals surface area contributed by atoms with Crippen molar-refractivity contribution in [3.8, 4) is 0 Å². The third-order valence-electron chi connectivity index (χ3n) is 1.93. The monoisotopic (exact) mass is 239 g/mol. The minimum absolute atomic E-state index is 0.651. The van der Waals surface area contributed by atoms with Crippen LogP contribution in [0.3, 0.4) is 0 Å². The van der Waals surface area contributed by atoms with Crippen molar-refractivity contribution >= 4 is 29.4 Å². The Bertz CT molecular complexity index is 476. The minimum atomic E-state index is 0.651. The molecule has 4 nitrogen and oxygen atoms in total. The first-order valence-corrected chi connectivity index (χ1v) is 5.98. The number of aryl methyl sites for hydroxylation is 2. The lowest BCUT2D eigenvalue weighted by atomic mass is 10.3. The summed E-state index contributed by atoms with van der Waals surface area (Å²) in [5.74, 6) is 0. The first kappa shape index (κ1) is 10.4. The number of nitrogens with zero attached hydrogens (tertiary/aromatic N) is 3. The fourth-order valence-electron chi connectivity index (χ4n) is 1.25. The number of aromatic nitrogens is 3. The van der Waals surface area contributed by atoms with E-state index in [-0.39, 0.29) is 0 Å². The van der Waals surface area contributed by atoms with Crippen molar-refractivity contribution in [2.45, 2.75) is 16.3 Å². The van der Waals surface area contributed by atoms with Gasteiger partial charge in [0.05, 0.1) is 11.3 Å². The third kappa shape index (κ3) is 1.95. The Kier molecular flexibility index (Phi) is 2.88. The van der Waals surface area contributed by atoms with E-state index in [1.807, 2.05) is 19.4 Å². The van der Waals surface area contributed by atoms with E-state index >= 15 is 0 Å². The maximum Gasteiger partial charge on any atom is 0.156 e. The van der Waals surface area contributed by atoms with Gasteiger partial charge in [-0.25, -0.2) is 4.98 Å². The molecule has 0 saturated heterocycles. The molecule has 0 fully saturated rings. The van der Waals surface area contributed by atoms with Gasteiger partial charge in [0.1, 0.15) is 5.03 Å². The van der Waals surface area contributed by atoms with Gasteiger partial charge in [-0.1, -0.05) is 0 Å². The number of rotatable bonds is 3. The standard InChI is InChI=1S/C9H9N3OS2/c1-6-7(5-13)8(12(2)11-6)15-9-10-3-4-14-9/h3-5H,1-2H3. The first-order chi connectivity index (χ1) is 7.22. The molecule has 2 heterocycles. The molecule has 0 aliphatic heterocycles. The fourth-order valence-corrected chi connectivity index (χ4v) is 2.97. The second kappa shape index (κ2) is 4.16. The lowest BCUT2D eigenvalue weighted by molar-refractivity contribution is 0.112. The van der Waals surface area contributed by atoms with E-state index < -0.39 is 0 Å². The molecular weight excluding hydrogens is 230 g/mol. The van der Waals surface area contributed by atoms with E-state index in [4.69, 9.17) is 0 Å². The predicted octanol–water partition coefficient (Wildman–Crippen LogP) is 2.15. The molecule has 15 heavy (non-hydrogen) atoms. The second-order valence-corrected chi connectivity index (χ2v) is 5.08. The summed E-state index contributed by atoms with van der Waals surface area (Å²) >= 11 is 3.02. The van der Waals surface area contributed by atoms with Gasteiger partial charge in [0.15, 0.2) is 10.6 Å². The quantitative estimate of drug-likeness (QED) is 0.770. The molecular formula is C9H9N3OS2. The van der Waals surface area contributed by atoms with Crippen molar-refractivity contribution in [3.63, 3.8) is 0 Å². The highest BCUT2D eigenvalue weighted by Gasteiger charge is 2.14.